The molecule has 0 atom stereocenters. The fourth-order valence-corrected chi connectivity index (χ4v) is 5.18. The molecule has 0 radical (unpaired) electrons. The van der Waals surface area contributed by atoms with Gasteiger partial charge in [-0.15, -0.1) is 0 Å². The van der Waals surface area contributed by atoms with Gasteiger partial charge in [0.25, 0.3) is 5.91 Å². The molecule has 1 aromatic heterocycles. The summed E-state index contributed by atoms with van der Waals surface area (Å²) in [6.07, 6.45) is 2.64. The Kier molecular flexibility index (Phi) is 9.90. The minimum Gasteiger partial charge on any atom is -0.461 e. The Labute approximate surface area is 227 Å². The Hall–Kier alpha value is -2.71. The van der Waals surface area contributed by atoms with Crippen LogP contribution in [0.15, 0.2) is 50.3 Å². The third kappa shape index (κ3) is 7.89. The van der Waals surface area contributed by atoms with Crippen molar-refractivity contribution in [3.8, 4) is 0 Å². The summed E-state index contributed by atoms with van der Waals surface area (Å²) in [5, 5.41) is 3.65. The van der Waals surface area contributed by atoms with Gasteiger partial charge in [-0.25, -0.2) is 9.38 Å². The van der Waals surface area contributed by atoms with Crippen molar-refractivity contribution in [3.63, 3.8) is 0 Å². The molecule has 6 nitrogen and oxygen atoms in total. The summed E-state index contributed by atoms with van der Waals surface area (Å²) >= 11 is 3.54. The lowest BCUT2D eigenvalue weighted by Gasteiger charge is -2.23. The minimum absolute atomic E-state index is 0.0350. The number of hydrogen-bond acceptors (Lipinski definition) is 4. The molecule has 0 aliphatic rings. The predicted octanol–water partition coefficient (Wildman–Crippen LogP) is 6.37. The number of aryl methyl sites for hydroxylation is 2. The van der Waals surface area contributed by atoms with Crippen LogP contribution < -0.4 is 11.1 Å². The summed E-state index contributed by atoms with van der Waals surface area (Å²) in [6.45, 7) is 13.2. The van der Waals surface area contributed by atoms with Gasteiger partial charge in [-0.1, -0.05) is 35.8 Å². The van der Waals surface area contributed by atoms with E-state index in [1.54, 1.807) is 6.07 Å². The molecule has 8 heteroatoms. The topological polar surface area (TPSA) is 83.9 Å². The molecule has 1 heterocycles. The average molecular weight is 574 g/mol. The predicted molar refractivity (Wildman–Crippen MR) is 153 cm³/mol. The van der Waals surface area contributed by atoms with E-state index in [2.05, 4.69) is 45.0 Å². The van der Waals surface area contributed by atoms with Crippen LogP contribution in [0.25, 0.3) is 11.0 Å². The van der Waals surface area contributed by atoms with Crippen molar-refractivity contribution in [2.75, 3.05) is 19.6 Å². The zero-order valence-electron chi connectivity index (χ0n) is 22.5. The van der Waals surface area contributed by atoms with Crippen LogP contribution in [-0.4, -0.2) is 41.9 Å². The Morgan fingerprint density at radius 2 is 1.92 bits per heavy atom. The van der Waals surface area contributed by atoms with E-state index >= 15 is 0 Å². The number of amides is 1. The van der Waals surface area contributed by atoms with E-state index in [1.165, 1.54) is 12.1 Å². The molecule has 0 saturated heterocycles. The maximum Gasteiger partial charge on any atom is 0.258 e. The van der Waals surface area contributed by atoms with Gasteiger partial charge < -0.3 is 15.1 Å². The fraction of sp³-hybridized carbons (Fsp3) is 0.448. The van der Waals surface area contributed by atoms with E-state index in [4.69, 9.17) is 10.2 Å². The Morgan fingerprint density at radius 3 is 2.62 bits per heavy atom. The van der Waals surface area contributed by atoms with E-state index in [9.17, 15) is 9.18 Å². The van der Waals surface area contributed by atoms with E-state index in [-0.39, 0.29) is 11.5 Å². The second-order valence-corrected chi connectivity index (χ2v) is 10.9. The average Bonchev–Trinajstić information content (AvgIpc) is 3.20. The third-order valence-corrected chi connectivity index (χ3v) is 7.07. The fourth-order valence-electron chi connectivity index (χ4n) is 4.65. The molecule has 0 fully saturated rings. The molecule has 0 bridgehead atoms. The zero-order chi connectivity index (χ0) is 27.2. The maximum atomic E-state index is 14.9. The lowest BCUT2D eigenvalue weighted by Crippen LogP contribution is -2.40. The molecule has 0 aliphatic heterocycles. The highest BCUT2D eigenvalue weighted by atomic mass is 79.9. The minimum atomic E-state index is -0.470. The van der Waals surface area contributed by atoms with Crippen LogP contribution in [0.4, 0.5) is 4.39 Å². The molecule has 3 rings (SSSR count). The first-order valence-electron chi connectivity index (χ1n) is 12.9. The van der Waals surface area contributed by atoms with Crippen molar-refractivity contribution in [1.29, 1.82) is 0 Å². The smallest absolute Gasteiger partial charge is 0.258 e. The van der Waals surface area contributed by atoms with Crippen LogP contribution in [0.5, 0.6) is 0 Å². The maximum absolute atomic E-state index is 14.9. The molecule has 0 saturated carbocycles. The Morgan fingerprint density at radius 1 is 1.19 bits per heavy atom. The van der Waals surface area contributed by atoms with E-state index in [0.717, 1.165) is 59.2 Å². The van der Waals surface area contributed by atoms with Crippen LogP contribution in [0.1, 0.15) is 67.8 Å². The van der Waals surface area contributed by atoms with Crippen molar-refractivity contribution < 1.29 is 13.6 Å². The number of fused-ring (bicyclic) bond motifs is 1. The number of aliphatic imine (C=N–C) groups is 1. The van der Waals surface area contributed by atoms with Gasteiger partial charge in [0.15, 0.2) is 5.96 Å². The molecule has 1 amide bonds. The first-order chi connectivity index (χ1) is 17.5. The van der Waals surface area contributed by atoms with Gasteiger partial charge in [-0.05, 0) is 102 Å². The van der Waals surface area contributed by atoms with Gasteiger partial charge in [0.1, 0.15) is 17.2 Å². The number of hydrogen-bond donors (Lipinski definition) is 2. The number of carbonyl (C=O) groups is 1. The SMILES string of the molecule is CCN(CC)CCCC(C)(C)N=C(N)NC(=O)c1cccc(F)c1CCc1cc(Br)cc2cc(C)oc12. The van der Waals surface area contributed by atoms with Gasteiger partial charge in [-0.3, -0.25) is 10.1 Å². The normalized spacial score (nSPS) is 12.5. The number of nitrogens with one attached hydrogen (secondary N) is 1. The number of nitrogens with zero attached hydrogens (tertiary/aromatic N) is 2. The Bertz CT molecular complexity index is 1260. The molecule has 3 aromatic rings. The largest absolute Gasteiger partial charge is 0.461 e. The molecular weight excluding hydrogens is 535 g/mol. The summed E-state index contributed by atoms with van der Waals surface area (Å²) in [5.74, 6) is -0.0523. The second-order valence-electron chi connectivity index (χ2n) is 10.0. The first kappa shape index (κ1) is 28.9. The number of nitrogens with two attached hydrogens (primary N) is 1. The van der Waals surface area contributed by atoms with Crippen molar-refractivity contribution in [1.82, 2.24) is 10.2 Å². The number of benzene rings is 2. The van der Waals surface area contributed by atoms with Gasteiger partial charge in [-0.2, -0.15) is 0 Å². The van der Waals surface area contributed by atoms with E-state index in [0.29, 0.717) is 18.4 Å². The van der Waals surface area contributed by atoms with E-state index < -0.39 is 17.3 Å². The Balaban J connectivity index is 1.72. The lowest BCUT2D eigenvalue weighted by molar-refractivity contribution is 0.0975. The second kappa shape index (κ2) is 12.7. The van der Waals surface area contributed by atoms with Crippen LogP contribution in [0, 0.1) is 12.7 Å². The lowest BCUT2D eigenvalue weighted by atomic mass is 9.98. The third-order valence-electron chi connectivity index (χ3n) is 6.61. The highest BCUT2D eigenvalue weighted by molar-refractivity contribution is 9.10. The van der Waals surface area contributed by atoms with Gasteiger partial charge in [0.2, 0.25) is 0 Å². The van der Waals surface area contributed by atoms with Gasteiger partial charge in [0.05, 0.1) is 5.54 Å². The van der Waals surface area contributed by atoms with Crippen molar-refractivity contribution in [3.05, 3.63) is 69.1 Å². The van der Waals surface area contributed by atoms with E-state index in [1.807, 2.05) is 39.0 Å². The van der Waals surface area contributed by atoms with Crippen LogP contribution in [-0.2, 0) is 12.8 Å². The van der Waals surface area contributed by atoms with Gasteiger partial charge >= 0.3 is 0 Å². The highest BCUT2D eigenvalue weighted by Crippen LogP contribution is 2.29. The van der Waals surface area contributed by atoms with Gasteiger partial charge in [0, 0.05) is 21.0 Å². The quantitative estimate of drug-likeness (QED) is 0.206. The van der Waals surface area contributed by atoms with Crippen molar-refractivity contribution >= 4 is 38.8 Å². The number of carbonyl (C=O) groups excluding carboxylic acids is 1. The molecule has 0 unspecified atom stereocenters. The number of halogens is 2. The van der Waals surface area contributed by atoms with Crippen LogP contribution in [0.3, 0.4) is 0 Å². The molecule has 0 spiro atoms. The van der Waals surface area contributed by atoms with Crippen LogP contribution >= 0.6 is 15.9 Å². The molecule has 200 valence electrons. The molecule has 37 heavy (non-hydrogen) atoms. The summed E-state index contributed by atoms with van der Waals surface area (Å²) in [6, 6.07) is 10.5. The summed E-state index contributed by atoms with van der Waals surface area (Å²) < 4.78 is 21.7. The number of guanidine groups is 1. The van der Waals surface area contributed by atoms with Crippen molar-refractivity contribution in [2.24, 2.45) is 10.7 Å². The first-order valence-corrected chi connectivity index (χ1v) is 13.7. The molecular formula is C29H38BrFN4O2. The summed E-state index contributed by atoms with van der Waals surface area (Å²) in [5.41, 5.74) is 7.99. The van der Waals surface area contributed by atoms with Crippen LogP contribution in [0.2, 0.25) is 0 Å². The zero-order valence-corrected chi connectivity index (χ0v) is 24.0. The summed E-state index contributed by atoms with van der Waals surface area (Å²) in [4.78, 5) is 20.0. The molecule has 3 N–H and O–H groups in total. The molecule has 0 aliphatic carbocycles. The van der Waals surface area contributed by atoms with Crippen molar-refractivity contribution in [2.45, 2.75) is 65.8 Å². The number of rotatable bonds is 11. The number of furan rings is 1. The monoisotopic (exact) mass is 572 g/mol. The highest BCUT2D eigenvalue weighted by Gasteiger charge is 2.20. The standard InChI is InChI=1S/C29H38BrFN4O2/c1-6-35(7-2)15-9-14-29(4,5)34-28(32)33-27(36)24-10-8-11-25(31)23(24)13-12-20-17-22(30)18-21-16-19(3)37-26(20)21/h8,10-11,16-18H,6-7,9,12-15H2,1-5H3,(H3,32,33,34,36). The molecule has 2 aromatic carbocycles. The summed E-state index contributed by atoms with van der Waals surface area (Å²) in [7, 11) is 0.